The molecular formula is C10H8ClN2O+. The Labute approximate surface area is 87.0 Å². The minimum atomic E-state index is -0.0128. The molecule has 2 aromatic rings. The normalized spacial score (nSPS) is 9.07. The minimum absolute atomic E-state index is 0. The van der Waals surface area contributed by atoms with E-state index >= 15 is 0 Å². The monoisotopic (exact) mass is 207 g/mol. The van der Waals surface area contributed by atoms with Gasteiger partial charge in [-0.1, -0.05) is 24.3 Å². The van der Waals surface area contributed by atoms with Gasteiger partial charge in [-0.05, 0) is 17.5 Å². The number of hydrogen-bond acceptors (Lipinski definition) is 2. The molecule has 0 radical (unpaired) electrons. The summed E-state index contributed by atoms with van der Waals surface area (Å²) in [4.78, 5) is 3.05. The van der Waals surface area contributed by atoms with E-state index in [1.54, 1.807) is 12.1 Å². The van der Waals surface area contributed by atoms with E-state index in [0.717, 1.165) is 10.8 Å². The standard InChI is InChI=1S/C10H6N2O.ClH/c11-12-10-8-4-2-1-3-7(8)5-6-9(10)13;/h1-6H;1H/p+1. The van der Waals surface area contributed by atoms with Crippen LogP contribution in [0.3, 0.4) is 0 Å². The number of fused-ring (bicyclic) bond motifs is 1. The summed E-state index contributed by atoms with van der Waals surface area (Å²) in [6.07, 6.45) is 0. The minimum Gasteiger partial charge on any atom is -0.501 e. The van der Waals surface area contributed by atoms with Crippen LogP contribution in [-0.2, 0) is 0 Å². The predicted octanol–water partition coefficient (Wildman–Crippen LogP) is 3.45. The van der Waals surface area contributed by atoms with Crippen LogP contribution >= 0.6 is 12.4 Å². The zero-order valence-electron chi connectivity index (χ0n) is 7.21. The van der Waals surface area contributed by atoms with Crippen LogP contribution in [0.5, 0.6) is 5.75 Å². The first-order valence-corrected chi connectivity index (χ1v) is 3.89. The Kier molecular flexibility index (Phi) is 2.90. The Hall–Kier alpha value is -1.79. The summed E-state index contributed by atoms with van der Waals surface area (Å²) >= 11 is 0. The van der Waals surface area contributed by atoms with Crippen LogP contribution < -0.4 is 0 Å². The van der Waals surface area contributed by atoms with Crippen molar-refractivity contribution < 1.29 is 5.11 Å². The molecule has 0 bridgehead atoms. The summed E-state index contributed by atoms with van der Waals surface area (Å²) in [6.45, 7) is 0. The molecule has 3 nitrogen and oxygen atoms in total. The summed E-state index contributed by atoms with van der Waals surface area (Å²) in [5.41, 5.74) is 0.220. The van der Waals surface area contributed by atoms with E-state index in [0.29, 0.717) is 0 Å². The van der Waals surface area contributed by atoms with Crippen molar-refractivity contribution >= 4 is 28.9 Å². The lowest BCUT2D eigenvalue weighted by atomic mass is 10.1. The summed E-state index contributed by atoms with van der Waals surface area (Å²) in [5, 5.41) is 19.7. The number of phenolic OH excluding ortho intramolecular Hbond substituents is 1. The molecule has 0 amide bonds. The highest BCUT2D eigenvalue weighted by atomic mass is 35.5. The van der Waals surface area contributed by atoms with Gasteiger partial charge in [0.25, 0.3) is 0 Å². The average molecular weight is 208 g/mol. The summed E-state index contributed by atoms with van der Waals surface area (Å²) in [7, 11) is 0. The van der Waals surface area contributed by atoms with E-state index in [-0.39, 0.29) is 23.8 Å². The highest BCUT2D eigenvalue weighted by Gasteiger charge is 2.16. The number of aromatic hydroxyl groups is 1. The Balaban J connectivity index is 0.000000980. The van der Waals surface area contributed by atoms with Crippen LogP contribution in [0.15, 0.2) is 36.4 Å². The number of hydrogen-bond donors (Lipinski definition) is 1. The first-order chi connectivity index (χ1) is 6.33. The molecule has 0 saturated carbocycles. The number of nitrogens with zero attached hydrogens (tertiary/aromatic N) is 2. The quantitative estimate of drug-likeness (QED) is 0.673. The van der Waals surface area contributed by atoms with E-state index in [1.807, 2.05) is 18.2 Å². The number of rotatable bonds is 0. The zero-order valence-corrected chi connectivity index (χ0v) is 8.03. The highest BCUT2D eigenvalue weighted by Crippen LogP contribution is 2.34. The molecule has 4 heteroatoms. The molecule has 0 aliphatic carbocycles. The van der Waals surface area contributed by atoms with E-state index in [2.05, 4.69) is 4.98 Å². The molecule has 0 aromatic heterocycles. The smallest absolute Gasteiger partial charge is 0.433 e. The second-order valence-corrected chi connectivity index (χ2v) is 2.75. The van der Waals surface area contributed by atoms with E-state index in [4.69, 9.17) is 5.39 Å². The lowest BCUT2D eigenvalue weighted by molar-refractivity contribution is 0.479. The third kappa shape index (κ3) is 1.48. The molecule has 1 N–H and O–H groups in total. The molecular weight excluding hydrogens is 200 g/mol. The maximum atomic E-state index is 9.35. The molecule has 0 aliphatic heterocycles. The molecule has 2 aromatic carbocycles. The Bertz CT molecular complexity index is 505. The van der Waals surface area contributed by atoms with Gasteiger partial charge in [0.05, 0.1) is 5.39 Å². The molecule has 0 heterocycles. The molecule has 70 valence electrons. The third-order valence-corrected chi connectivity index (χ3v) is 1.98. The summed E-state index contributed by atoms with van der Waals surface area (Å²) < 4.78 is 0. The Morgan fingerprint density at radius 1 is 1.07 bits per heavy atom. The van der Waals surface area contributed by atoms with Gasteiger partial charge in [-0.15, -0.1) is 12.4 Å². The SMILES string of the molecule is Cl.N#[N+]c1c(O)ccc2ccccc12. The zero-order chi connectivity index (χ0) is 9.26. The van der Waals surface area contributed by atoms with Gasteiger partial charge >= 0.3 is 5.69 Å². The molecule has 0 aliphatic rings. The maximum Gasteiger partial charge on any atom is 0.433 e. The van der Waals surface area contributed by atoms with E-state index < -0.39 is 0 Å². The van der Waals surface area contributed by atoms with Gasteiger partial charge in [0.15, 0.2) is 4.98 Å². The third-order valence-electron chi connectivity index (χ3n) is 1.98. The fraction of sp³-hybridized carbons (Fsp3) is 0. The Morgan fingerprint density at radius 2 is 1.79 bits per heavy atom. The van der Waals surface area contributed by atoms with Gasteiger partial charge in [0.1, 0.15) is 0 Å². The van der Waals surface area contributed by atoms with Crippen LogP contribution in [0.4, 0.5) is 5.69 Å². The first-order valence-electron chi connectivity index (χ1n) is 3.89. The average Bonchev–Trinajstić information content (AvgIpc) is 2.18. The molecule has 14 heavy (non-hydrogen) atoms. The van der Waals surface area contributed by atoms with Crippen molar-refractivity contribution in [1.29, 1.82) is 5.39 Å². The van der Waals surface area contributed by atoms with Gasteiger partial charge in [-0.25, -0.2) is 0 Å². The lowest BCUT2D eigenvalue weighted by Gasteiger charge is -1.93. The van der Waals surface area contributed by atoms with Crippen LogP contribution in [0.2, 0.25) is 0 Å². The largest absolute Gasteiger partial charge is 0.501 e. The second kappa shape index (κ2) is 3.95. The van der Waals surface area contributed by atoms with Crippen LogP contribution in [0.25, 0.3) is 15.7 Å². The van der Waals surface area contributed by atoms with Crippen molar-refractivity contribution in [1.82, 2.24) is 0 Å². The van der Waals surface area contributed by atoms with Crippen molar-refractivity contribution in [2.45, 2.75) is 0 Å². The van der Waals surface area contributed by atoms with Crippen molar-refractivity contribution in [3.63, 3.8) is 0 Å². The van der Waals surface area contributed by atoms with Crippen LogP contribution in [0.1, 0.15) is 0 Å². The second-order valence-electron chi connectivity index (χ2n) is 2.75. The molecule has 2 rings (SSSR count). The molecule has 0 unspecified atom stereocenters. The van der Waals surface area contributed by atoms with Crippen molar-refractivity contribution in [2.24, 2.45) is 0 Å². The number of halogens is 1. The summed E-state index contributed by atoms with van der Waals surface area (Å²) in [5.74, 6) is -0.0128. The molecule has 0 saturated heterocycles. The maximum absolute atomic E-state index is 9.35. The van der Waals surface area contributed by atoms with Crippen LogP contribution in [0, 0.1) is 5.39 Å². The van der Waals surface area contributed by atoms with Gasteiger partial charge in [-0.2, -0.15) is 0 Å². The van der Waals surface area contributed by atoms with Gasteiger partial charge in [-0.3, -0.25) is 0 Å². The molecule has 0 spiro atoms. The first kappa shape index (κ1) is 10.3. The Morgan fingerprint density at radius 3 is 2.50 bits per heavy atom. The van der Waals surface area contributed by atoms with Crippen molar-refractivity contribution in [2.75, 3.05) is 0 Å². The number of benzene rings is 2. The molecule has 0 fully saturated rings. The topological polar surface area (TPSA) is 48.4 Å². The van der Waals surface area contributed by atoms with Gasteiger partial charge in [0, 0.05) is 0 Å². The fourth-order valence-electron chi connectivity index (χ4n) is 1.35. The summed E-state index contributed by atoms with van der Waals surface area (Å²) in [6, 6.07) is 10.7. The van der Waals surface area contributed by atoms with Gasteiger partial charge < -0.3 is 5.11 Å². The lowest BCUT2D eigenvalue weighted by Crippen LogP contribution is -1.72. The highest BCUT2D eigenvalue weighted by molar-refractivity contribution is 5.97. The number of phenols is 1. The fourth-order valence-corrected chi connectivity index (χ4v) is 1.35. The van der Waals surface area contributed by atoms with Gasteiger partial charge in [0.2, 0.25) is 11.1 Å². The van der Waals surface area contributed by atoms with Crippen molar-refractivity contribution in [3.8, 4) is 5.75 Å². The molecule has 0 atom stereocenters. The van der Waals surface area contributed by atoms with Crippen LogP contribution in [-0.4, -0.2) is 5.11 Å². The number of diazo groups is 1. The van der Waals surface area contributed by atoms with Crippen molar-refractivity contribution in [3.05, 3.63) is 41.4 Å². The van der Waals surface area contributed by atoms with E-state index in [1.165, 1.54) is 6.07 Å². The van der Waals surface area contributed by atoms with E-state index in [9.17, 15) is 5.11 Å². The predicted molar refractivity (Wildman–Crippen MR) is 57.6 cm³/mol.